The molecule has 0 aliphatic carbocycles. The highest BCUT2D eigenvalue weighted by Crippen LogP contribution is 2.22. The second kappa shape index (κ2) is 4.09. The summed E-state index contributed by atoms with van der Waals surface area (Å²) in [6, 6.07) is 5.13. The van der Waals surface area contributed by atoms with Gasteiger partial charge in [0.05, 0.1) is 6.10 Å². The molecule has 0 aliphatic heterocycles. The van der Waals surface area contributed by atoms with E-state index in [0.717, 1.165) is 11.1 Å². The molecule has 3 N–H and O–H groups in total. The predicted molar refractivity (Wildman–Crippen MR) is 54.8 cm³/mol. The molecule has 2 atom stereocenters. The van der Waals surface area contributed by atoms with Gasteiger partial charge in [-0.15, -0.1) is 0 Å². The standard InChI is InChI=1S/C10H14ClNO/c1-6-5-8(11)3-4-9(6)10(13)7(2)12/h3-5,7,10,13H,12H2,1-2H3/t7-,10-/m1/s1. The summed E-state index contributed by atoms with van der Waals surface area (Å²) in [6.07, 6.45) is -0.614. The molecule has 1 aromatic carbocycles. The van der Waals surface area contributed by atoms with E-state index in [2.05, 4.69) is 0 Å². The van der Waals surface area contributed by atoms with E-state index in [1.807, 2.05) is 19.1 Å². The number of rotatable bonds is 2. The fourth-order valence-corrected chi connectivity index (χ4v) is 1.48. The van der Waals surface area contributed by atoms with Crippen molar-refractivity contribution < 1.29 is 5.11 Å². The molecular formula is C10H14ClNO. The number of aryl methyl sites for hydroxylation is 1. The number of aliphatic hydroxyl groups excluding tert-OH is 1. The third-order valence-electron chi connectivity index (χ3n) is 2.05. The van der Waals surface area contributed by atoms with Gasteiger partial charge in [0.1, 0.15) is 0 Å². The Bertz CT molecular complexity index is 299. The number of nitrogens with two attached hydrogens (primary N) is 1. The van der Waals surface area contributed by atoms with Gasteiger partial charge in [-0.05, 0) is 37.1 Å². The maximum atomic E-state index is 9.70. The molecule has 0 heterocycles. The Labute approximate surface area is 83.3 Å². The maximum Gasteiger partial charge on any atom is 0.0940 e. The monoisotopic (exact) mass is 199 g/mol. The van der Waals surface area contributed by atoms with Gasteiger partial charge in [0, 0.05) is 11.1 Å². The van der Waals surface area contributed by atoms with Gasteiger partial charge < -0.3 is 10.8 Å². The van der Waals surface area contributed by atoms with Crippen molar-refractivity contribution in [1.82, 2.24) is 0 Å². The van der Waals surface area contributed by atoms with Crippen molar-refractivity contribution in [2.45, 2.75) is 26.0 Å². The van der Waals surface area contributed by atoms with Crippen molar-refractivity contribution in [3.8, 4) is 0 Å². The van der Waals surface area contributed by atoms with Crippen LogP contribution in [0.2, 0.25) is 5.02 Å². The van der Waals surface area contributed by atoms with Gasteiger partial charge in [0.25, 0.3) is 0 Å². The van der Waals surface area contributed by atoms with Crippen molar-refractivity contribution in [1.29, 1.82) is 0 Å². The van der Waals surface area contributed by atoms with E-state index in [9.17, 15) is 5.11 Å². The van der Waals surface area contributed by atoms with Crippen molar-refractivity contribution in [2.24, 2.45) is 5.73 Å². The molecule has 0 aliphatic rings. The second-order valence-electron chi connectivity index (χ2n) is 3.30. The van der Waals surface area contributed by atoms with Crippen LogP contribution in [-0.4, -0.2) is 11.1 Å². The lowest BCUT2D eigenvalue weighted by molar-refractivity contribution is 0.152. The summed E-state index contributed by atoms with van der Waals surface area (Å²) in [7, 11) is 0. The molecule has 0 aromatic heterocycles. The Kier molecular flexibility index (Phi) is 3.31. The molecule has 0 bridgehead atoms. The maximum absolute atomic E-state index is 9.70. The van der Waals surface area contributed by atoms with E-state index in [4.69, 9.17) is 17.3 Å². The van der Waals surface area contributed by atoms with Crippen LogP contribution in [0.25, 0.3) is 0 Å². The first-order valence-electron chi connectivity index (χ1n) is 4.22. The van der Waals surface area contributed by atoms with Gasteiger partial charge in [0.2, 0.25) is 0 Å². The topological polar surface area (TPSA) is 46.2 Å². The number of halogens is 1. The van der Waals surface area contributed by atoms with Gasteiger partial charge in [-0.3, -0.25) is 0 Å². The van der Waals surface area contributed by atoms with Crippen LogP contribution in [0.3, 0.4) is 0 Å². The fraction of sp³-hybridized carbons (Fsp3) is 0.400. The lowest BCUT2D eigenvalue weighted by Crippen LogP contribution is -2.24. The normalized spacial score (nSPS) is 15.5. The highest BCUT2D eigenvalue weighted by atomic mass is 35.5. The summed E-state index contributed by atoms with van der Waals surface area (Å²) in [6.45, 7) is 3.69. The first kappa shape index (κ1) is 10.5. The van der Waals surface area contributed by atoms with Crippen molar-refractivity contribution in [3.05, 3.63) is 34.3 Å². The Hall–Kier alpha value is -0.570. The van der Waals surface area contributed by atoms with Crippen LogP contribution in [0.4, 0.5) is 0 Å². The van der Waals surface area contributed by atoms with Crippen LogP contribution in [-0.2, 0) is 0 Å². The van der Waals surface area contributed by atoms with E-state index >= 15 is 0 Å². The molecule has 0 amide bonds. The smallest absolute Gasteiger partial charge is 0.0940 e. The molecule has 0 unspecified atom stereocenters. The first-order valence-corrected chi connectivity index (χ1v) is 4.60. The summed E-state index contributed by atoms with van der Waals surface area (Å²) in [5.41, 5.74) is 7.41. The molecule has 72 valence electrons. The first-order chi connectivity index (χ1) is 6.02. The average molecular weight is 200 g/mol. The van der Waals surface area contributed by atoms with E-state index < -0.39 is 6.10 Å². The summed E-state index contributed by atoms with van der Waals surface area (Å²) in [4.78, 5) is 0. The highest BCUT2D eigenvalue weighted by molar-refractivity contribution is 6.30. The number of hydrogen-bond donors (Lipinski definition) is 2. The molecule has 0 spiro atoms. The zero-order valence-electron chi connectivity index (χ0n) is 7.79. The Morgan fingerprint density at radius 3 is 2.54 bits per heavy atom. The highest BCUT2D eigenvalue weighted by Gasteiger charge is 2.14. The zero-order chi connectivity index (χ0) is 10.0. The molecule has 0 fully saturated rings. The lowest BCUT2D eigenvalue weighted by atomic mass is 9.99. The van der Waals surface area contributed by atoms with Crippen molar-refractivity contribution in [3.63, 3.8) is 0 Å². The Morgan fingerprint density at radius 1 is 1.46 bits per heavy atom. The van der Waals surface area contributed by atoms with E-state index in [1.54, 1.807) is 13.0 Å². The molecule has 3 heteroatoms. The Morgan fingerprint density at radius 2 is 2.08 bits per heavy atom. The van der Waals surface area contributed by atoms with Gasteiger partial charge in [0.15, 0.2) is 0 Å². The quantitative estimate of drug-likeness (QED) is 0.766. The second-order valence-corrected chi connectivity index (χ2v) is 3.74. The van der Waals surface area contributed by atoms with Gasteiger partial charge in [-0.2, -0.15) is 0 Å². The minimum absolute atomic E-state index is 0.264. The van der Waals surface area contributed by atoms with Crippen LogP contribution < -0.4 is 5.73 Å². The van der Waals surface area contributed by atoms with Crippen LogP contribution in [0.5, 0.6) is 0 Å². The summed E-state index contributed by atoms with van der Waals surface area (Å²) < 4.78 is 0. The summed E-state index contributed by atoms with van der Waals surface area (Å²) in [5.74, 6) is 0. The van der Waals surface area contributed by atoms with Crippen LogP contribution in [0.1, 0.15) is 24.2 Å². The summed E-state index contributed by atoms with van der Waals surface area (Å²) >= 11 is 5.79. The van der Waals surface area contributed by atoms with Gasteiger partial charge in [-0.25, -0.2) is 0 Å². The number of benzene rings is 1. The van der Waals surface area contributed by atoms with Crippen LogP contribution in [0, 0.1) is 6.92 Å². The van der Waals surface area contributed by atoms with E-state index in [-0.39, 0.29) is 6.04 Å². The molecule has 1 rings (SSSR count). The Balaban J connectivity index is 3.01. The van der Waals surface area contributed by atoms with Crippen molar-refractivity contribution >= 4 is 11.6 Å². The minimum atomic E-state index is -0.614. The summed E-state index contributed by atoms with van der Waals surface area (Å²) in [5, 5.41) is 10.4. The molecule has 13 heavy (non-hydrogen) atoms. The zero-order valence-corrected chi connectivity index (χ0v) is 8.55. The predicted octanol–water partition coefficient (Wildman–Crippen LogP) is 2.03. The van der Waals surface area contributed by atoms with Crippen molar-refractivity contribution in [2.75, 3.05) is 0 Å². The van der Waals surface area contributed by atoms with Gasteiger partial charge in [-0.1, -0.05) is 17.7 Å². The third-order valence-corrected chi connectivity index (χ3v) is 2.28. The minimum Gasteiger partial charge on any atom is -0.387 e. The average Bonchev–Trinajstić information content (AvgIpc) is 2.03. The largest absolute Gasteiger partial charge is 0.387 e. The number of aliphatic hydroxyl groups is 1. The SMILES string of the molecule is Cc1cc(Cl)ccc1[C@H](O)[C@@H](C)N. The van der Waals surface area contributed by atoms with E-state index in [0.29, 0.717) is 5.02 Å². The molecule has 2 nitrogen and oxygen atoms in total. The molecule has 0 radical (unpaired) electrons. The third kappa shape index (κ3) is 2.44. The molecule has 0 saturated heterocycles. The molecular weight excluding hydrogens is 186 g/mol. The fourth-order valence-electron chi connectivity index (χ4n) is 1.25. The van der Waals surface area contributed by atoms with Gasteiger partial charge >= 0.3 is 0 Å². The van der Waals surface area contributed by atoms with E-state index in [1.165, 1.54) is 0 Å². The van der Waals surface area contributed by atoms with Crippen LogP contribution >= 0.6 is 11.6 Å². The lowest BCUT2D eigenvalue weighted by Gasteiger charge is -2.17. The molecule has 0 saturated carbocycles. The number of hydrogen-bond acceptors (Lipinski definition) is 2. The van der Waals surface area contributed by atoms with Crippen LogP contribution in [0.15, 0.2) is 18.2 Å². The molecule has 1 aromatic rings.